The highest BCUT2D eigenvalue weighted by Gasteiger charge is 2.25. The molecule has 2 fully saturated rings. The summed E-state index contributed by atoms with van der Waals surface area (Å²) in [6, 6.07) is 1.44. The number of rotatable bonds is 4. The number of piperidine rings is 1. The van der Waals surface area contributed by atoms with E-state index in [1.807, 2.05) is 16.9 Å². The molecule has 0 amide bonds. The lowest BCUT2D eigenvalue weighted by atomic mass is 9.87. The summed E-state index contributed by atoms with van der Waals surface area (Å²) in [5.74, 6) is 1.26. The molecule has 2 aliphatic rings. The molecule has 154 valence electrons. The van der Waals surface area contributed by atoms with Crippen molar-refractivity contribution in [2.45, 2.75) is 82.8 Å². The lowest BCUT2D eigenvalue weighted by Gasteiger charge is -2.32. The van der Waals surface area contributed by atoms with Gasteiger partial charge in [0.25, 0.3) is 0 Å². The van der Waals surface area contributed by atoms with Gasteiger partial charge in [-0.25, -0.2) is 14.5 Å². The highest BCUT2D eigenvalue weighted by atomic mass is 15.3. The average molecular weight is 395 g/mol. The van der Waals surface area contributed by atoms with Crippen LogP contribution in [-0.4, -0.2) is 41.4 Å². The van der Waals surface area contributed by atoms with Crippen molar-refractivity contribution in [2.24, 2.45) is 0 Å². The molecule has 0 bridgehead atoms. The molecular formula is C21H30N8. The first-order valence-corrected chi connectivity index (χ1v) is 10.9. The predicted molar refractivity (Wildman–Crippen MR) is 112 cm³/mol. The summed E-state index contributed by atoms with van der Waals surface area (Å²) in [6.45, 7) is 4.48. The van der Waals surface area contributed by atoms with E-state index in [4.69, 9.17) is 4.98 Å². The summed E-state index contributed by atoms with van der Waals surface area (Å²) in [6.07, 6.45) is 16.1. The molecule has 8 nitrogen and oxygen atoms in total. The molecule has 0 radical (unpaired) electrons. The second-order valence-corrected chi connectivity index (χ2v) is 8.79. The zero-order chi connectivity index (χ0) is 19.8. The quantitative estimate of drug-likeness (QED) is 0.700. The molecule has 3 aromatic rings. The molecule has 29 heavy (non-hydrogen) atoms. The van der Waals surface area contributed by atoms with Crippen LogP contribution in [0.1, 0.15) is 76.4 Å². The third-order valence-electron chi connectivity index (χ3n) is 6.41. The topological polar surface area (TPSA) is 85.0 Å². The largest absolute Gasteiger partial charge is 0.334 e. The summed E-state index contributed by atoms with van der Waals surface area (Å²) in [4.78, 5) is 9.19. The number of fused-ring (bicyclic) bond motifs is 1. The number of nitrogens with one attached hydrogen (secondary N) is 2. The van der Waals surface area contributed by atoms with Crippen molar-refractivity contribution in [1.29, 1.82) is 0 Å². The van der Waals surface area contributed by atoms with Gasteiger partial charge in [0.15, 0.2) is 11.5 Å². The fourth-order valence-corrected chi connectivity index (χ4v) is 5.09. The molecule has 1 aliphatic carbocycles. The standard InChI is InChI=1S/C21H30N8/c1-14-8-18(9-15(2)26-14)28-12-17(10-24-28)27-20-21-23-13-25-29(21)19(11-22-20)16-6-4-3-5-7-16/h10-16,18,26H,3-9H2,1-2H3,(H,22,27). The highest BCUT2D eigenvalue weighted by molar-refractivity contribution is 5.69. The Morgan fingerprint density at radius 3 is 2.59 bits per heavy atom. The molecule has 1 aliphatic heterocycles. The van der Waals surface area contributed by atoms with Gasteiger partial charge in [0.2, 0.25) is 0 Å². The summed E-state index contributed by atoms with van der Waals surface area (Å²) >= 11 is 0. The van der Waals surface area contributed by atoms with Gasteiger partial charge in [0.05, 0.1) is 29.8 Å². The van der Waals surface area contributed by atoms with Crippen molar-refractivity contribution in [3.05, 3.63) is 30.6 Å². The van der Waals surface area contributed by atoms with E-state index in [0.29, 0.717) is 24.0 Å². The minimum absolute atomic E-state index is 0.423. The van der Waals surface area contributed by atoms with Crippen LogP contribution in [0.2, 0.25) is 0 Å². The van der Waals surface area contributed by atoms with Crippen LogP contribution in [0.25, 0.3) is 5.65 Å². The fourth-order valence-electron chi connectivity index (χ4n) is 5.09. The average Bonchev–Trinajstić information content (AvgIpc) is 3.38. The summed E-state index contributed by atoms with van der Waals surface area (Å²) in [5, 5.41) is 16.1. The number of anilines is 2. The van der Waals surface area contributed by atoms with E-state index in [9.17, 15) is 0 Å². The first kappa shape index (κ1) is 18.5. The molecular weight excluding hydrogens is 364 g/mol. The van der Waals surface area contributed by atoms with Crippen molar-refractivity contribution >= 4 is 17.2 Å². The summed E-state index contributed by atoms with van der Waals surface area (Å²) in [5.41, 5.74) is 2.90. The molecule has 3 aromatic heterocycles. The van der Waals surface area contributed by atoms with Crippen LogP contribution in [0.3, 0.4) is 0 Å². The van der Waals surface area contributed by atoms with E-state index in [2.05, 4.69) is 50.5 Å². The fraction of sp³-hybridized carbons (Fsp3) is 0.619. The van der Waals surface area contributed by atoms with Crippen LogP contribution in [0.5, 0.6) is 0 Å². The summed E-state index contributed by atoms with van der Waals surface area (Å²) in [7, 11) is 0. The van der Waals surface area contributed by atoms with Gasteiger partial charge in [-0.15, -0.1) is 0 Å². The van der Waals surface area contributed by atoms with Gasteiger partial charge in [-0.1, -0.05) is 19.3 Å². The lowest BCUT2D eigenvalue weighted by molar-refractivity contribution is 0.250. The Morgan fingerprint density at radius 2 is 1.79 bits per heavy atom. The van der Waals surface area contributed by atoms with Crippen LogP contribution in [0.15, 0.2) is 24.9 Å². The Hall–Kier alpha value is -2.48. The van der Waals surface area contributed by atoms with Gasteiger partial charge < -0.3 is 10.6 Å². The zero-order valence-corrected chi connectivity index (χ0v) is 17.3. The van der Waals surface area contributed by atoms with Crippen LogP contribution < -0.4 is 10.6 Å². The Kier molecular flexibility index (Phi) is 4.95. The third-order valence-corrected chi connectivity index (χ3v) is 6.41. The molecule has 0 spiro atoms. The molecule has 8 heteroatoms. The van der Waals surface area contributed by atoms with Crippen LogP contribution in [0.4, 0.5) is 11.5 Å². The second kappa shape index (κ2) is 7.74. The first-order valence-electron chi connectivity index (χ1n) is 10.9. The summed E-state index contributed by atoms with van der Waals surface area (Å²) < 4.78 is 4.06. The molecule has 4 heterocycles. The van der Waals surface area contributed by atoms with Gasteiger partial charge in [-0.3, -0.25) is 4.68 Å². The van der Waals surface area contributed by atoms with E-state index in [-0.39, 0.29) is 0 Å². The molecule has 1 saturated heterocycles. The van der Waals surface area contributed by atoms with Gasteiger partial charge in [0, 0.05) is 24.2 Å². The predicted octanol–water partition coefficient (Wildman–Crippen LogP) is 3.81. The Labute approximate surface area is 171 Å². The van der Waals surface area contributed by atoms with Crippen molar-refractivity contribution < 1.29 is 0 Å². The molecule has 2 unspecified atom stereocenters. The minimum atomic E-state index is 0.423. The number of nitrogens with zero attached hydrogens (tertiary/aromatic N) is 6. The van der Waals surface area contributed by atoms with Gasteiger partial charge in [-0.2, -0.15) is 10.2 Å². The molecule has 1 saturated carbocycles. The maximum absolute atomic E-state index is 4.71. The van der Waals surface area contributed by atoms with Crippen molar-refractivity contribution in [1.82, 2.24) is 34.7 Å². The van der Waals surface area contributed by atoms with Gasteiger partial charge in [0.1, 0.15) is 6.33 Å². The SMILES string of the molecule is CC1CC(n2cc(Nc3ncc(C4CCCCC4)n4ncnc34)cn2)CC(C)N1. The number of aromatic nitrogens is 6. The van der Waals surface area contributed by atoms with Crippen molar-refractivity contribution in [3.8, 4) is 0 Å². The molecule has 0 aromatic carbocycles. The Morgan fingerprint density at radius 1 is 1.00 bits per heavy atom. The first-order chi connectivity index (χ1) is 14.2. The van der Waals surface area contributed by atoms with E-state index in [1.54, 1.807) is 6.33 Å². The monoisotopic (exact) mass is 394 g/mol. The number of hydrogen-bond acceptors (Lipinski definition) is 6. The molecule has 2 N–H and O–H groups in total. The normalized spacial score (nSPS) is 26.1. The Balaban J connectivity index is 1.37. The second-order valence-electron chi connectivity index (χ2n) is 8.79. The number of hydrogen-bond donors (Lipinski definition) is 2. The zero-order valence-electron chi connectivity index (χ0n) is 17.3. The van der Waals surface area contributed by atoms with Gasteiger partial charge in [-0.05, 0) is 39.5 Å². The van der Waals surface area contributed by atoms with E-state index < -0.39 is 0 Å². The molecule has 5 rings (SSSR count). The van der Waals surface area contributed by atoms with Crippen LogP contribution in [-0.2, 0) is 0 Å². The minimum Gasteiger partial charge on any atom is -0.334 e. The Bertz CT molecular complexity index is 960. The van der Waals surface area contributed by atoms with Crippen LogP contribution in [0, 0.1) is 0 Å². The van der Waals surface area contributed by atoms with E-state index >= 15 is 0 Å². The maximum Gasteiger partial charge on any atom is 0.198 e. The maximum atomic E-state index is 4.71. The third kappa shape index (κ3) is 3.73. The van der Waals surface area contributed by atoms with Gasteiger partial charge >= 0.3 is 0 Å². The smallest absolute Gasteiger partial charge is 0.198 e. The van der Waals surface area contributed by atoms with Crippen molar-refractivity contribution in [3.63, 3.8) is 0 Å². The van der Waals surface area contributed by atoms with Crippen LogP contribution >= 0.6 is 0 Å². The van der Waals surface area contributed by atoms with E-state index in [1.165, 1.54) is 37.8 Å². The highest BCUT2D eigenvalue weighted by Crippen LogP contribution is 2.33. The van der Waals surface area contributed by atoms with Crippen molar-refractivity contribution in [2.75, 3.05) is 5.32 Å². The van der Waals surface area contributed by atoms with E-state index in [0.717, 1.165) is 30.0 Å². The molecule has 2 atom stereocenters. The lowest BCUT2D eigenvalue weighted by Crippen LogP contribution is -2.43.